The molecule has 0 aromatic heterocycles. The number of para-hydroxylation sites is 1. The molecule has 2 aliphatic heterocycles. The highest BCUT2D eigenvalue weighted by atomic mass is 79.9. The van der Waals surface area contributed by atoms with Crippen LogP contribution in [0.5, 0.6) is 5.75 Å². The van der Waals surface area contributed by atoms with Crippen LogP contribution in [0.2, 0.25) is 0 Å². The largest absolute Gasteiger partial charge is 0.492 e. The van der Waals surface area contributed by atoms with Crippen LogP contribution >= 0.6 is 15.9 Å². The maximum atomic E-state index is 6.11. The molecule has 0 radical (unpaired) electrons. The maximum absolute atomic E-state index is 6.11. The molecule has 3 heteroatoms. The number of rotatable bonds is 3. The SMILES string of the molecule is C[N@+]12CCCC[C@@H]1[C@H](COc1ccccc1Br)CCC2. The molecule has 0 bridgehead atoms. The fourth-order valence-corrected chi connectivity index (χ4v) is 4.59. The standard InChI is InChI=1S/C17H25BrNO/c1-19-11-5-4-9-16(19)14(7-6-12-19)13-20-17-10-3-2-8-15(17)18/h2-3,8,10,14,16H,4-7,9,11-13H2,1H3/q+1/t14-,16+,19+/m0/s1. The van der Waals surface area contributed by atoms with Crippen LogP contribution < -0.4 is 4.74 Å². The molecule has 3 atom stereocenters. The molecule has 0 aliphatic carbocycles. The molecule has 2 aliphatic rings. The molecule has 110 valence electrons. The lowest BCUT2D eigenvalue weighted by molar-refractivity contribution is -0.947. The van der Waals surface area contributed by atoms with Crippen LogP contribution in [0.25, 0.3) is 0 Å². The van der Waals surface area contributed by atoms with E-state index in [1.807, 2.05) is 12.1 Å². The average molecular weight is 339 g/mol. The van der Waals surface area contributed by atoms with Crippen LogP contribution in [0.15, 0.2) is 28.7 Å². The number of ether oxygens (including phenoxy) is 1. The molecule has 3 rings (SSSR count). The number of nitrogens with zero attached hydrogens (tertiary/aromatic N) is 1. The molecule has 2 saturated heterocycles. The molecule has 0 spiro atoms. The van der Waals surface area contributed by atoms with Crippen molar-refractivity contribution >= 4 is 15.9 Å². The number of fused-ring (bicyclic) bond motifs is 1. The van der Waals surface area contributed by atoms with Gasteiger partial charge in [0.1, 0.15) is 5.75 Å². The van der Waals surface area contributed by atoms with Crippen LogP contribution in [0.3, 0.4) is 0 Å². The van der Waals surface area contributed by atoms with Gasteiger partial charge in [0.05, 0.1) is 37.3 Å². The number of benzene rings is 1. The van der Waals surface area contributed by atoms with Gasteiger partial charge in [-0.1, -0.05) is 12.1 Å². The van der Waals surface area contributed by atoms with Crippen molar-refractivity contribution in [1.29, 1.82) is 0 Å². The molecule has 0 amide bonds. The minimum absolute atomic E-state index is 0.723. The fraction of sp³-hybridized carbons (Fsp3) is 0.647. The predicted molar refractivity (Wildman–Crippen MR) is 85.9 cm³/mol. The predicted octanol–water partition coefficient (Wildman–Crippen LogP) is 4.24. The summed E-state index contributed by atoms with van der Waals surface area (Å²) in [5, 5.41) is 0. The summed E-state index contributed by atoms with van der Waals surface area (Å²) in [6.45, 7) is 3.62. The van der Waals surface area contributed by atoms with Gasteiger partial charge in [0, 0.05) is 12.3 Å². The van der Waals surface area contributed by atoms with Gasteiger partial charge in [0.25, 0.3) is 0 Å². The van der Waals surface area contributed by atoms with Gasteiger partial charge in [-0.15, -0.1) is 0 Å². The number of quaternary nitrogens is 1. The van der Waals surface area contributed by atoms with E-state index in [0.717, 1.165) is 28.8 Å². The molecule has 2 nitrogen and oxygen atoms in total. The second-order valence-corrected chi connectivity index (χ2v) is 7.49. The molecule has 0 N–H and O–H groups in total. The molecule has 1 aromatic rings. The van der Waals surface area contributed by atoms with Gasteiger partial charge in [-0.05, 0) is 53.7 Å². The smallest absolute Gasteiger partial charge is 0.133 e. The fourth-order valence-electron chi connectivity index (χ4n) is 4.19. The van der Waals surface area contributed by atoms with Crippen LogP contribution in [0.4, 0.5) is 0 Å². The zero-order valence-corrected chi connectivity index (χ0v) is 13.9. The Kier molecular flexibility index (Phi) is 4.37. The van der Waals surface area contributed by atoms with Crippen LogP contribution in [0, 0.1) is 5.92 Å². The van der Waals surface area contributed by atoms with Crippen molar-refractivity contribution in [3.8, 4) is 5.75 Å². The molecule has 2 heterocycles. The van der Waals surface area contributed by atoms with E-state index in [2.05, 4.69) is 35.1 Å². The Morgan fingerprint density at radius 2 is 1.95 bits per heavy atom. The van der Waals surface area contributed by atoms with Gasteiger partial charge in [-0.25, -0.2) is 0 Å². The second-order valence-electron chi connectivity index (χ2n) is 6.63. The molecule has 2 fully saturated rings. The Hall–Kier alpha value is -0.540. The summed E-state index contributed by atoms with van der Waals surface area (Å²) >= 11 is 3.57. The monoisotopic (exact) mass is 338 g/mol. The highest BCUT2D eigenvalue weighted by Crippen LogP contribution is 2.36. The summed E-state index contributed by atoms with van der Waals surface area (Å²) < 4.78 is 8.48. The lowest BCUT2D eigenvalue weighted by atomic mass is 9.82. The molecule has 0 unspecified atom stereocenters. The van der Waals surface area contributed by atoms with E-state index in [1.165, 1.54) is 49.7 Å². The Bertz CT molecular complexity index is 460. The van der Waals surface area contributed by atoms with Crippen molar-refractivity contribution in [1.82, 2.24) is 0 Å². The lowest BCUT2D eigenvalue weighted by Gasteiger charge is -2.51. The Labute approximate surface area is 130 Å². The van der Waals surface area contributed by atoms with Gasteiger partial charge < -0.3 is 9.22 Å². The van der Waals surface area contributed by atoms with E-state index in [9.17, 15) is 0 Å². The van der Waals surface area contributed by atoms with E-state index in [1.54, 1.807) is 0 Å². The molecule has 1 aromatic carbocycles. The van der Waals surface area contributed by atoms with Crippen LogP contribution in [0.1, 0.15) is 32.1 Å². The van der Waals surface area contributed by atoms with Gasteiger partial charge in [0.2, 0.25) is 0 Å². The molecule has 0 saturated carbocycles. The summed E-state index contributed by atoms with van der Waals surface area (Å²) in [6.07, 6.45) is 6.90. The maximum Gasteiger partial charge on any atom is 0.133 e. The van der Waals surface area contributed by atoms with Gasteiger partial charge >= 0.3 is 0 Å². The Balaban J connectivity index is 1.66. The first kappa shape index (κ1) is 14.4. The van der Waals surface area contributed by atoms with Crippen molar-refractivity contribution in [3.05, 3.63) is 28.7 Å². The van der Waals surface area contributed by atoms with E-state index < -0.39 is 0 Å². The molecular formula is C17H25BrNO+. The number of piperidine rings is 2. The van der Waals surface area contributed by atoms with E-state index in [4.69, 9.17) is 4.74 Å². The number of hydrogen-bond acceptors (Lipinski definition) is 1. The van der Waals surface area contributed by atoms with E-state index in [0.29, 0.717) is 0 Å². The first-order chi connectivity index (χ1) is 9.69. The topological polar surface area (TPSA) is 9.23 Å². The third-order valence-corrected chi connectivity index (χ3v) is 5.95. The zero-order valence-electron chi connectivity index (χ0n) is 12.4. The van der Waals surface area contributed by atoms with E-state index in [-0.39, 0.29) is 0 Å². The highest BCUT2D eigenvalue weighted by Gasteiger charge is 2.43. The average Bonchev–Trinajstić information content (AvgIpc) is 2.45. The Morgan fingerprint density at radius 1 is 1.15 bits per heavy atom. The lowest BCUT2D eigenvalue weighted by Crippen LogP contribution is -2.61. The van der Waals surface area contributed by atoms with Crippen molar-refractivity contribution in [3.63, 3.8) is 0 Å². The first-order valence-corrected chi connectivity index (χ1v) is 8.70. The van der Waals surface area contributed by atoms with Gasteiger partial charge in [-0.2, -0.15) is 0 Å². The first-order valence-electron chi connectivity index (χ1n) is 7.91. The summed E-state index contributed by atoms with van der Waals surface area (Å²) in [4.78, 5) is 0. The highest BCUT2D eigenvalue weighted by molar-refractivity contribution is 9.10. The number of hydrogen-bond donors (Lipinski definition) is 0. The molecule has 20 heavy (non-hydrogen) atoms. The van der Waals surface area contributed by atoms with Crippen molar-refractivity contribution < 1.29 is 9.22 Å². The minimum Gasteiger partial charge on any atom is -0.492 e. The van der Waals surface area contributed by atoms with Gasteiger partial charge in [0.15, 0.2) is 0 Å². The Morgan fingerprint density at radius 3 is 2.80 bits per heavy atom. The summed E-state index contributed by atoms with van der Waals surface area (Å²) in [6, 6.07) is 9.01. The second kappa shape index (κ2) is 6.07. The summed E-state index contributed by atoms with van der Waals surface area (Å²) in [7, 11) is 2.47. The summed E-state index contributed by atoms with van der Waals surface area (Å²) in [5.41, 5.74) is 0. The van der Waals surface area contributed by atoms with E-state index >= 15 is 0 Å². The normalized spacial score (nSPS) is 33.5. The van der Waals surface area contributed by atoms with Crippen molar-refractivity contribution in [2.75, 3.05) is 26.7 Å². The van der Waals surface area contributed by atoms with Crippen molar-refractivity contribution in [2.45, 2.75) is 38.1 Å². The van der Waals surface area contributed by atoms with Crippen LogP contribution in [-0.4, -0.2) is 37.3 Å². The summed E-state index contributed by atoms with van der Waals surface area (Å²) in [5.74, 6) is 1.71. The van der Waals surface area contributed by atoms with Crippen molar-refractivity contribution in [2.24, 2.45) is 5.92 Å². The number of halogens is 1. The van der Waals surface area contributed by atoms with Crippen LogP contribution in [-0.2, 0) is 0 Å². The molecular weight excluding hydrogens is 314 g/mol. The minimum atomic E-state index is 0.723. The quantitative estimate of drug-likeness (QED) is 0.749. The zero-order chi connectivity index (χ0) is 14.0. The van der Waals surface area contributed by atoms with Gasteiger partial charge in [-0.3, -0.25) is 0 Å². The third-order valence-electron chi connectivity index (χ3n) is 5.30. The third kappa shape index (κ3) is 2.89.